The lowest BCUT2D eigenvalue weighted by Gasteiger charge is -2.34. The SMILES string of the molecule is CSCC(=O)N1CCN(S(=O)(=O)c2ccc(C3CCCCC3)cc2)CC1. The van der Waals surface area contributed by atoms with Crippen LogP contribution >= 0.6 is 11.8 Å². The van der Waals surface area contributed by atoms with Crippen LogP contribution in [-0.2, 0) is 14.8 Å². The smallest absolute Gasteiger partial charge is 0.243 e. The first-order chi connectivity index (χ1) is 12.5. The van der Waals surface area contributed by atoms with E-state index >= 15 is 0 Å². The number of carbonyl (C=O) groups excluding carboxylic acids is 1. The van der Waals surface area contributed by atoms with Crippen molar-refractivity contribution >= 4 is 27.7 Å². The minimum absolute atomic E-state index is 0.0892. The van der Waals surface area contributed by atoms with Crippen LogP contribution in [0.2, 0.25) is 0 Å². The van der Waals surface area contributed by atoms with Crippen molar-refractivity contribution in [2.45, 2.75) is 42.9 Å². The molecule has 1 amide bonds. The molecule has 1 saturated heterocycles. The second-order valence-corrected chi connectivity index (χ2v) is 9.93. The Hall–Kier alpha value is -1.05. The summed E-state index contributed by atoms with van der Waals surface area (Å²) in [5.74, 6) is 1.12. The third-order valence-corrected chi connectivity index (χ3v) is 7.90. The van der Waals surface area contributed by atoms with Crippen molar-refractivity contribution in [2.24, 2.45) is 0 Å². The molecule has 1 aliphatic carbocycles. The summed E-state index contributed by atoms with van der Waals surface area (Å²) in [5, 5.41) is 0. The van der Waals surface area contributed by atoms with Gasteiger partial charge in [-0.1, -0.05) is 31.4 Å². The lowest BCUT2D eigenvalue weighted by Crippen LogP contribution is -2.50. The van der Waals surface area contributed by atoms with Crippen LogP contribution in [0.4, 0.5) is 0 Å². The molecule has 0 bridgehead atoms. The molecule has 0 radical (unpaired) electrons. The number of hydrogen-bond donors (Lipinski definition) is 0. The molecule has 0 spiro atoms. The van der Waals surface area contributed by atoms with Crippen molar-refractivity contribution in [1.82, 2.24) is 9.21 Å². The van der Waals surface area contributed by atoms with Crippen molar-refractivity contribution in [3.63, 3.8) is 0 Å². The second kappa shape index (κ2) is 8.76. The highest BCUT2D eigenvalue weighted by atomic mass is 32.2. The lowest BCUT2D eigenvalue weighted by atomic mass is 9.84. The van der Waals surface area contributed by atoms with E-state index in [-0.39, 0.29) is 5.91 Å². The number of sulfonamides is 1. The Balaban J connectivity index is 1.64. The van der Waals surface area contributed by atoms with Gasteiger partial charge in [0.1, 0.15) is 0 Å². The van der Waals surface area contributed by atoms with Gasteiger partial charge in [0, 0.05) is 26.2 Å². The van der Waals surface area contributed by atoms with Crippen LogP contribution < -0.4 is 0 Å². The average Bonchev–Trinajstić information content (AvgIpc) is 2.69. The van der Waals surface area contributed by atoms with Crippen molar-refractivity contribution in [1.29, 1.82) is 0 Å². The highest BCUT2D eigenvalue weighted by molar-refractivity contribution is 7.99. The normalized spacial score (nSPS) is 20.3. The molecule has 1 aromatic carbocycles. The van der Waals surface area contributed by atoms with Gasteiger partial charge >= 0.3 is 0 Å². The Morgan fingerprint density at radius 3 is 2.23 bits per heavy atom. The van der Waals surface area contributed by atoms with Crippen LogP contribution in [-0.4, -0.2) is 61.7 Å². The van der Waals surface area contributed by atoms with Crippen LogP contribution in [0.5, 0.6) is 0 Å². The largest absolute Gasteiger partial charge is 0.339 e. The summed E-state index contributed by atoms with van der Waals surface area (Å²) in [6.07, 6.45) is 8.16. The first-order valence-corrected chi connectivity index (χ1v) is 12.2. The van der Waals surface area contributed by atoms with Gasteiger partial charge in [0.2, 0.25) is 15.9 Å². The van der Waals surface area contributed by atoms with Gasteiger partial charge in [-0.05, 0) is 42.7 Å². The molecule has 2 aliphatic rings. The first-order valence-electron chi connectivity index (χ1n) is 9.39. The predicted octanol–water partition coefficient (Wildman–Crippen LogP) is 2.93. The first kappa shape index (κ1) is 19.7. The number of benzene rings is 1. The zero-order valence-electron chi connectivity index (χ0n) is 15.4. The molecule has 144 valence electrons. The number of amides is 1. The topological polar surface area (TPSA) is 57.7 Å². The minimum Gasteiger partial charge on any atom is -0.339 e. The number of hydrogen-bond acceptors (Lipinski definition) is 4. The summed E-state index contributed by atoms with van der Waals surface area (Å²) < 4.78 is 27.3. The summed E-state index contributed by atoms with van der Waals surface area (Å²) in [5.41, 5.74) is 1.26. The molecular formula is C19H28N2O3S2. The fraction of sp³-hybridized carbons (Fsp3) is 0.632. The van der Waals surface area contributed by atoms with E-state index in [1.165, 1.54) is 53.7 Å². The van der Waals surface area contributed by atoms with E-state index in [2.05, 4.69) is 0 Å². The fourth-order valence-electron chi connectivity index (χ4n) is 3.89. The average molecular weight is 397 g/mol. The number of carbonyl (C=O) groups is 1. The quantitative estimate of drug-likeness (QED) is 0.768. The fourth-order valence-corrected chi connectivity index (χ4v) is 5.74. The van der Waals surface area contributed by atoms with E-state index in [1.54, 1.807) is 17.0 Å². The number of nitrogens with zero attached hydrogens (tertiary/aromatic N) is 2. The molecule has 0 aromatic heterocycles. The van der Waals surface area contributed by atoms with Crippen LogP contribution in [0.25, 0.3) is 0 Å². The molecule has 1 heterocycles. The third-order valence-electron chi connectivity index (χ3n) is 5.45. The van der Waals surface area contributed by atoms with E-state index < -0.39 is 10.0 Å². The van der Waals surface area contributed by atoms with Gasteiger partial charge in [0.25, 0.3) is 0 Å². The van der Waals surface area contributed by atoms with Gasteiger partial charge in [0.15, 0.2) is 0 Å². The van der Waals surface area contributed by atoms with Crippen molar-refractivity contribution in [3.8, 4) is 0 Å². The molecule has 1 saturated carbocycles. The summed E-state index contributed by atoms with van der Waals surface area (Å²) in [6, 6.07) is 7.48. The van der Waals surface area contributed by atoms with E-state index in [1.807, 2.05) is 18.4 Å². The molecule has 2 fully saturated rings. The van der Waals surface area contributed by atoms with Gasteiger partial charge in [-0.2, -0.15) is 16.1 Å². The van der Waals surface area contributed by atoms with E-state index in [0.29, 0.717) is 42.7 Å². The lowest BCUT2D eigenvalue weighted by molar-refractivity contribution is -0.129. The van der Waals surface area contributed by atoms with Crippen molar-refractivity contribution in [2.75, 3.05) is 38.2 Å². The highest BCUT2D eigenvalue weighted by Gasteiger charge is 2.30. The van der Waals surface area contributed by atoms with Crippen molar-refractivity contribution in [3.05, 3.63) is 29.8 Å². The Kier molecular flexibility index (Phi) is 6.64. The maximum absolute atomic E-state index is 12.9. The number of thioether (sulfide) groups is 1. The van der Waals surface area contributed by atoms with Gasteiger partial charge < -0.3 is 4.90 Å². The summed E-state index contributed by atoms with van der Waals surface area (Å²) >= 11 is 1.50. The highest BCUT2D eigenvalue weighted by Crippen LogP contribution is 2.33. The van der Waals surface area contributed by atoms with Crippen molar-refractivity contribution < 1.29 is 13.2 Å². The number of rotatable bonds is 5. The third kappa shape index (κ3) is 4.43. The maximum atomic E-state index is 12.9. The molecule has 26 heavy (non-hydrogen) atoms. The monoisotopic (exact) mass is 396 g/mol. The Labute approximate surface area is 161 Å². The van der Waals surface area contributed by atoms with Crippen LogP contribution in [0.3, 0.4) is 0 Å². The van der Waals surface area contributed by atoms with Gasteiger partial charge in [-0.3, -0.25) is 4.79 Å². The van der Waals surface area contributed by atoms with Gasteiger partial charge in [-0.25, -0.2) is 8.42 Å². The van der Waals surface area contributed by atoms with Crippen LogP contribution in [0, 0.1) is 0 Å². The molecule has 0 unspecified atom stereocenters. The predicted molar refractivity (Wildman–Crippen MR) is 106 cm³/mol. The molecule has 5 nitrogen and oxygen atoms in total. The summed E-state index contributed by atoms with van der Waals surface area (Å²) in [6.45, 7) is 1.68. The van der Waals surface area contributed by atoms with E-state index in [9.17, 15) is 13.2 Å². The summed E-state index contributed by atoms with van der Waals surface area (Å²) in [4.78, 5) is 14.1. The Morgan fingerprint density at radius 1 is 1.04 bits per heavy atom. The van der Waals surface area contributed by atoms with Gasteiger partial charge in [0.05, 0.1) is 10.6 Å². The molecule has 7 heteroatoms. The molecule has 3 rings (SSSR count). The molecule has 0 N–H and O–H groups in total. The number of piperazine rings is 1. The maximum Gasteiger partial charge on any atom is 0.243 e. The van der Waals surface area contributed by atoms with Gasteiger partial charge in [-0.15, -0.1) is 0 Å². The summed E-state index contributed by atoms with van der Waals surface area (Å²) in [7, 11) is -3.48. The van der Waals surface area contributed by atoms with Crippen LogP contribution in [0.1, 0.15) is 43.6 Å². The molecule has 0 atom stereocenters. The zero-order chi connectivity index (χ0) is 18.6. The standard InChI is InChI=1S/C19H28N2O3S2/c1-25-15-19(22)20-11-13-21(14-12-20)26(23,24)18-9-7-17(8-10-18)16-5-3-2-4-6-16/h7-10,16H,2-6,11-15H2,1H3. The Bertz CT molecular complexity index is 705. The molecular weight excluding hydrogens is 368 g/mol. The van der Waals surface area contributed by atoms with E-state index in [4.69, 9.17) is 0 Å². The molecule has 1 aliphatic heterocycles. The van der Waals surface area contributed by atoms with E-state index in [0.717, 1.165) is 0 Å². The Morgan fingerprint density at radius 2 is 1.65 bits per heavy atom. The second-order valence-electron chi connectivity index (χ2n) is 7.12. The van der Waals surface area contributed by atoms with Crippen LogP contribution in [0.15, 0.2) is 29.2 Å². The minimum atomic E-state index is -3.48. The zero-order valence-corrected chi connectivity index (χ0v) is 17.0. The molecule has 1 aromatic rings.